The first-order valence-electron chi connectivity index (χ1n) is 6.94. The van der Waals surface area contributed by atoms with Crippen LogP contribution in [-0.4, -0.2) is 11.9 Å². The van der Waals surface area contributed by atoms with Gasteiger partial charge in [-0.15, -0.1) is 0 Å². The highest BCUT2D eigenvalue weighted by Gasteiger charge is 2.09. The third-order valence-corrected chi connectivity index (χ3v) is 2.98. The number of hydrogen-bond acceptors (Lipinski definition) is 5. The molecule has 0 fully saturated rings. The molecular weight excluding hydrogens is 282 g/mol. The third-order valence-electron chi connectivity index (χ3n) is 2.98. The van der Waals surface area contributed by atoms with Crippen LogP contribution in [0.2, 0.25) is 0 Å². The van der Waals surface area contributed by atoms with Crippen molar-refractivity contribution in [3.8, 4) is 11.5 Å². The van der Waals surface area contributed by atoms with Crippen molar-refractivity contribution >= 4 is 11.9 Å². The summed E-state index contributed by atoms with van der Waals surface area (Å²) in [7, 11) is 0. The highest BCUT2D eigenvalue weighted by molar-refractivity contribution is 5.91. The predicted octanol–water partition coefficient (Wildman–Crippen LogP) is 2.68. The number of nitrogens with two attached hydrogens (primary N) is 1. The van der Waals surface area contributed by atoms with E-state index in [2.05, 4.69) is 0 Å². The molecular formula is C17H17NO4. The van der Waals surface area contributed by atoms with Gasteiger partial charge in [0.15, 0.2) is 0 Å². The molecule has 0 aliphatic carbocycles. The van der Waals surface area contributed by atoms with E-state index in [0.29, 0.717) is 30.0 Å². The maximum Gasteiger partial charge on any atom is 0.343 e. The molecule has 0 radical (unpaired) electrons. The van der Waals surface area contributed by atoms with Gasteiger partial charge < -0.3 is 15.2 Å². The minimum Gasteiger partial charge on any atom is -0.427 e. The first kappa shape index (κ1) is 15.7. The summed E-state index contributed by atoms with van der Waals surface area (Å²) in [4.78, 5) is 23.1. The number of carbonyl (C=O) groups is 2. The van der Waals surface area contributed by atoms with Crippen molar-refractivity contribution in [2.24, 2.45) is 5.73 Å². The maximum atomic E-state index is 12.0. The molecule has 0 saturated carbocycles. The van der Waals surface area contributed by atoms with E-state index >= 15 is 0 Å². The predicted molar refractivity (Wildman–Crippen MR) is 81.7 cm³/mol. The van der Waals surface area contributed by atoms with E-state index < -0.39 is 5.97 Å². The standard InChI is InChI=1S/C17H17NO4/c1-2-16(19)21-14-7-9-15(10-8-14)22-17(20)13-5-3-12(11-18)4-6-13/h3-10H,2,11,18H2,1H3. The summed E-state index contributed by atoms with van der Waals surface area (Å²) in [6.45, 7) is 2.14. The van der Waals surface area contributed by atoms with Gasteiger partial charge >= 0.3 is 11.9 Å². The Balaban J connectivity index is 2.00. The molecule has 0 amide bonds. The lowest BCUT2D eigenvalue weighted by molar-refractivity contribution is -0.134. The number of ether oxygens (including phenoxy) is 2. The van der Waals surface area contributed by atoms with Gasteiger partial charge in [-0.3, -0.25) is 4.79 Å². The summed E-state index contributed by atoms with van der Waals surface area (Å²) >= 11 is 0. The molecule has 0 saturated heterocycles. The van der Waals surface area contributed by atoms with Gasteiger partial charge in [0.1, 0.15) is 11.5 Å². The fourth-order valence-corrected chi connectivity index (χ4v) is 1.72. The third kappa shape index (κ3) is 4.17. The zero-order valence-electron chi connectivity index (χ0n) is 12.2. The van der Waals surface area contributed by atoms with E-state index in [4.69, 9.17) is 15.2 Å². The smallest absolute Gasteiger partial charge is 0.343 e. The normalized spacial score (nSPS) is 10.1. The van der Waals surface area contributed by atoms with Crippen molar-refractivity contribution in [2.75, 3.05) is 0 Å². The second-order valence-electron chi connectivity index (χ2n) is 4.59. The van der Waals surface area contributed by atoms with Crippen LogP contribution in [0.1, 0.15) is 29.3 Å². The summed E-state index contributed by atoms with van der Waals surface area (Å²) in [5.41, 5.74) is 6.89. The second kappa shape index (κ2) is 7.38. The Labute approximate surface area is 128 Å². The molecule has 0 aliphatic rings. The van der Waals surface area contributed by atoms with E-state index in [1.54, 1.807) is 55.5 Å². The zero-order chi connectivity index (χ0) is 15.9. The van der Waals surface area contributed by atoms with Crippen molar-refractivity contribution < 1.29 is 19.1 Å². The summed E-state index contributed by atoms with van der Waals surface area (Å²) in [5, 5.41) is 0. The first-order valence-corrected chi connectivity index (χ1v) is 6.94. The zero-order valence-corrected chi connectivity index (χ0v) is 12.2. The average molecular weight is 299 g/mol. The van der Waals surface area contributed by atoms with Gasteiger partial charge in [-0.05, 0) is 42.0 Å². The van der Waals surface area contributed by atoms with Crippen LogP contribution < -0.4 is 15.2 Å². The minimum atomic E-state index is -0.457. The van der Waals surface area contributed by atoms with Crippen molar-refractivity contribution in [2.45, 2.75) is 19.9 Å². The number of benzene rings is 2. The lowest BCUT2D eigenvalue weighted by Gasteiger charge is -2.06. The Hall–Kier alpha value is -2.66. The molecule has 2 N–H and O–H groups in total. The lowest BCUT2D eigenvalue weighted by atomic mass is 10.1. The molecule has 0 heterocycles. The molecule has 0 atom stereocenters. The highest BCUT2D eigenvalue weighted by Crippen LogP contribution is 2.19. The van der Waals surface area contributed by atoms with Gasteiger partial charge in [0, 0.05) is 13.0 Å². The number of carbonyl (C=O) groups excluding carboxylic acids is 2. The number of esters is 2. The maximum absolute atomic E-state index is 12.0. The summed E-state index contributed by atoms with van der Waals surface area (Å²) < 4.78 is 10.3. The molecule has 0 spiro atoms. The van der Waals surface area contributed by atoms with Gasteiger partial charge in [0.05, 0.1) is 5.56 Å². The summed E-state index contributed by atoms with van der Waals surface area (Å²) in [6.07, 6.45) is 0.301. The van der Waals surface area contributed by atoms with E-state index in [-0.39, 0.29) is 5.97 Å². The molecule has 0 unspecified atom stereocenters. The Morgan fingerprint density at radius 2 is 1.45 bits per heavy atom. The Morgan fingerprint density at radius 3 is 1.95 bits per heavy atom. The van der Waals surface area contributed by atoms with Crippen LogP contribution in [0, 0.1) is 0 Å². The van der Waals surface area contributed by atoms with Crippen molar-refractivity contribution in [1.29, 1.82) is 0 Å². The van der Waals surface area contributed by atoms with E-state index in [0.717, 1.165) is 5.56 Å². The fraction of sp³-hybridized carbons (Fsp3) is 0.176. The van der Waals surface area contributed by atoms with Crippen LogP contribution in [0.15, 0.2) is 48.5 Å². The SMILES string of the molecule is CCC(=O)Oc1ccc(OC(=O)c2ccc(CN)cc2)cc1. The average Bonchev–Trinajstić information content (AvgIpc) is 2.56. The number of rotatable bonds is 5. The summed E-state index contributed by atoms with van der Waals surface area (Å²) in [6, 6.07) is 13.2. The Kier molecular flexibility index (Phi) is 5.27. The quantitative estimate of drug-likeness (QED) is 0.678. The molecule has 2 aromatic carbocycles. The topological polar surface area (TPSA) is 78.6 Å². The minimum absolute atomic E-state index is 0.301. The van der Waals surface area contributed by atoms with Crippen molar-refractivity contribution in [3.63, 3.8) is 0 Å². The van der Waals surface area contributed by atoms with Gasteiger partial charge in [-0.2, -0.15) is 0 Å². The van der Waals surface area contributed by atoms with Gasteiger partial charge in [0.2, 0.25) is 0 Å². The molecule has 22 heavy (non-hydrogen) atoms. The molecule has 0 bridgehead atoms. The van der Waals surface area contributed by atoms with Crippen LogP contribution in [0.5, 0.6) is 11.5 Å². The van der Waals surface area contributed by atoms with Crippen LogP contribution in [0.25, 0.3) is 0 Å². The molecule has 0 aromatic heterocycles. The largest absolute Gasteiger partial charge is 0.427 e. The number of hydrogen-bond donors (Lipinski definition) is 1. The summed E-state index contributed by atoms with van der Waals surface area (Å²) in [5.74, 6) is 0.0229. The van der Waals surface area contributed by atoms with E-state index in [1.807, 2.05) is 0 Å². The second-order valence-corrected chi connectivity index (χ2v) is 4.59. The molecule has 2 rings (SSSR count). The highest BCUT2D eigenvalue weighted by atomic mass is 16.5. The lowest BCUT2D eigenvalue weighted by Crippen LogP contribution is -2.09. The van der Waals surface area contributed by atoms with E-state index in [9.17, 15) is 9.59 Å². The Morgan fingerprint density at radius 1 is 0.909 bits per heavy atom. The molecule has 5 nitrogen and oxygen atoms in total. The van der Waals surface area contributed by atoms with E-state index in [1.165, 1.54) is 0 Å². The van der Waals surface area contributed by atoms with Gasteiger partial charge in [-0.1, -0.05) is 19.1 Å². The van der Waals surface area contributed by atoms with Crippen LogP contribution >= 0.6 is 0 Å². The van der Waals surface area contributed by atoms with Crippen LogP contribution in [0.4, 0.5) is 0 Å². The molecule has 2 aromatic rings. The monoisotopic (exact) mass is 299 g/mol. The molecule has 114 valence electrons. The van der Waals surface area contributed by atoms with Gasteiger partial charge in [-0.25, -0.2) is 4.79 Å². The van der Waals surface area contributed by atoms with Crippen LogP contribution in [0.3, 0.4) is 0 Å². The van der Waals surface area contributed by atoms with Crippen molar-refractivity contribution in [1.82, 2.24) is 0 Å². The Bertz CT molecular complexity index is 647. The molecule has 0 aliphatic heterocycles. The van der Waals surface area contributed by atoms with Crippen LogP contribution in [-0.2, 0) is 11.3 Å². The van der Waals surface area contributed by atoms with Crippen molar-refractivity contribution in [3.05, 3.63) is 59.7 Å². The first-order chi connectivity index (χ1) is 10.6. The van der Waals surface area contributed by atoms with Gasteiger partial charge in [0.25, 0.3) is 0 Å². The fourth-order valence-electron chi connectivity index (χ4n) is 1.72. The molecule has 5 heteroatoms.